The number of hydrogen-bond acceptors (Lipinski definition) is 3. The highest BCUT2D eigenvalue weighted by atomic mass is 32.2. The van der Waals surface area contributed by atoms with Crippen LogP contribution in [0.4, 0.5) is 0 Å². The first kappa shape index (κ1) is 5.98. The van der Waals surface area contributed by atoms with Crippen molar-refractivity contribution in [2.45, 2.75) is 0 Å². The van der Waals surface area contributed by atoms with E-state index in [9.17, 15) is 4.79 Å². The lowest BCUT2D eigenvalue weighted by atomic mass is 10.9. The summed E-state index contributed by atoms with van der Waals surface area (Å²) in [5.74, 6) is 0.302. The topological polar surface area (TPSA) is 26.3 Å². The van der Waals surface area contributed by atoms with Crippen molar-refractivity contribution in [3.63, 3.8) is 0 Å². The Labute approximate surface area is 41.1 Å². The number of hydrogen-bond donors (Lipinski definition) is 0. The van der Waals surface area contributed by atoms with Crippen molar-refractivity contribution in [2.24, 2.45) is 0 Å². The molecule has 3 heteroatoms. The standard InChI is InChI=1S/C3H5O2S/c1-5-6-3-2-4/h3H2,1H3. The highest BCUT2D eigenvalue weighted by molar-refractivity contribution is 7.95. The largest absolute Gasteiger partial charge is 0.318 e. The van der Waals surface area contributed by atoms with Crippen LogP contribution in [0.3, 0.4) is 0 Å². The van der Waals surface area contributed by atoms with Crippen molar-refractivity contribution in [1.29, 1.82) is 0 Å². The second-order valence-electron chi connectivity index (χ2n) is 0.573. The van der Waals surface area contributed by atoms with E-state index in [2.05, 4.69) is 4.18 Å². The van der Waals surface area contributed by atoms with Gasteiger partial charge in [0.1, 0.15) is 0 Å². The van der Waals surface area contributed by atoms with Crippen molar-refractivity contribution in [3.05, 3.63) is 0 Å². The molecule has 0 bridgehead atoms. The zero-order chi connectivity index (χ0) is 4.83. The summed E-state index contributed by atoms with van der Waals surface area (Å²) in [5, 5.41) is 0. The van der Waals surface area contributed by atoms with Crippen LogP contribution in [0.1, 0.15) is 0 Å². The molecule has 2 nitrogen and oxygen atoms in total. The zero-order valence-corrected chi connectivity index (χ0v) is 4.25. The van der Waals surface area contributed by atoms with Gasteiger partial charge >= 0.3 is 0 Å². The molecule has 0 unspecified atom stereocenters. The quantitative estimate of drug-likeness (QED) is 0.383. The fourth-order valence-corrected chi connectivity index (χ4v) is 0.249. The molecule has 0 saturated heterocycles. The Morgan fingerprint density at radius 2 is 2.67 bits per heavy atom. The Hall–Kier alpha value is -0.0200. The van der Waals surface area contributed by atoms with Gasteiger partial charge in [0, 0.05) is 0 Å². The van der Waals surface area contributed by atoms with Gasteiger partial charge in [0.2, 0.25) is 6.29 Å². The molecular weight excluding hydrogens is 100 g/mol. The van der Waals surface area contributed by atoms with Crippen molar-refractivity contribution >= 4 is 18.3 Å². The van der Waals surface area contributed by atoms with Crippen LogP contribution >= 0.6 is 12.0 Å². The maximum Gasteiger partial charge on any atom is 0.211 e. The highest BCUT2D eigenvalue weighted by Crippen LogP contribution is 1.93. The summed E-state index contributed by atoms with van der Waals surface area (Å²) in [6.07, 6.45) is 1.66. The van der Waals surface area contributed by atoms with Gasteiger partial charge in [-0.15, -0.1) is 0 Å². The predicted molar refractivity (Wildman–Crippen MR) is 25.2 cm³/mol. The Morgan fingerprint density at radius 3 is 2.83 bits per heavy atom. The summed E-state index contributed by atoms with van der Waals surface area (Å²) < 4.78 is 4.44. The molecule has 0 aromatic carbocycles. The molecule has 0 aliphatic heterocycles. The van der Waals surface area contributed by atoms with Crippen LogP contribution in [0.5, 0.6) is 0 Å². The normalized spacial score (nSPS) is 8.17. The summed E-state index contributed by atoms with van der Waals surface area (Å²) >= 11 is 1.08. The van der Waals surface area contributed by atoms with Gasteiger partial charge in [-0.2, -0.15) is 0 Å². The monoisotopic (exact) mass is 105 g/mol. The number of rotatable bonds is 3. The molecule has 0 aliphatic carbocycles. The molecule has 0 saturated carbocycles. The van der Waals surface area contributed by atoms with Crippen molar-refractivity contribution in [1.82, 2.24) is 0 Å². The van der Waals surface area contributed by atoms with Crippen molar-refractivity contribution < 1.29 is 8.98 Å². The second-order valence-corrected chi connectivity index (χ2v) is 1.43. The van der Waals surface area contributed by atoms with E-state index in [4.69, 9.17) is 0 Å². The highest BCUT2D eigenvalue weighted by Gasteiger charge is 1.77. The third kappa shape index (κ3) is 3.98. The summed E-state index contributed by atoms with van der Waals surface area (Å²) in [7, 11) is 1.52. The van der Waals surface area contributed by atoms with Crippen LogP contribution in [-0.4, -0.2) is 19.1 Å². The SMILES string of the molecule is COSC[C]=O. The minimum absolute atomic E-state index is 0.302. The van der Waals surface area contributed by atoms with Crippen LogP contribution in [0, 0.1) is 0 Å². The van der Waals surface area contributed by atoms with Gasteiger partial charge in [-0.25, -0.2) is 0 Å². The Kier molecular flexibility index (Phi) is 4.96. The van der Waals surface area contributed by atoms with E-state index < -0.39 is 0 Å². The molecule has 6 heavy (non-hydrogen) atoms. The molecule has 0 aromatic rings. The van der Waals surface area contributed by atoms with Crippen LogP contribution in [0.25, 0.3) is 0 Å². The van der Waals surface area contributed by atoms with Crippen molar-refractivity contribution in [2.75, 3.05) is 12.9 Å². The van der Waals surface area contributed by atoms with Gasteiger partial charge < -0.3 is 4.18 Å². The summed E-state index contributed by atoms with van der Waals surface area (Å²) in [4.78, 5) is 9.34. The molecular formula is C3H5O2S. The van der Waals surface area contributed by atoms with Gasteiger partial charge in [-0.05, 0) is 12.0 Å². The first-order chi connectivity index (χ1) is 2.91. The Balaban J connectivity index is 2.49. The molecule has 0 spiro atoms. The van der Waals surface area contributed by atoms with E-state index in [1.54, 1.807) is 6.29 Å². The van der Waals surface area contributed by atoms with Gasteiger partial charge in [0.05, 0.1) is 12.9 Å². The lowest BCUT2D eigenvalue weighted by Crippen LogP contribution is -1.75. The van der Waals surface area contributed by atoms with Crippen molar-refractivity contribution in [3.8, 4) is 0 Å². The smallest absolute Gasteiger partial charge is 0.211 e. The van der Waals surface area contributed by atoms with Gasteiger partial charge in [-0.3, -0.25) is 4.79 Å². The first-order valence-corrected chi connectivity index (χ1v) is 2.33. The van der Waals surface area contributed by atoms with Crippen LogP contribution in [-0.2, 0) is 8.98 Å². The van der Waals surface area contributed by atoms with Crippen LogP contribution < -0.4 is 0 Å². The summed E-state index contributed by atoms with van der Waals surface area (Å²) in [6.45, 7) is 0. The molecule has 0 aliphatic rings. The molecule has 0 amide bonds. The van der Waals surface area contributed by atoms with E-state index in [-0.39, 0.29) is 0 Å². The first-order valence-electron chi connectivity index (χ1n) is 1.42. The van der Waals surface area contributed by atoms with E-state index in [0.717, 1.165) is 12.0 Å². The maximum atomic E-state index is 9.34. The lowest BCUT2D eigenvalue weighted by Gasteiger charge is -1.81. The predicted octanol–water partition coefficient (Wildman–Crippen LogP) is 0.391. The molecule has 35 valence electrons. The number of carbonyl (C=O) groups excluding carboxylic acids is 1. The molecule has 0 fully saturated rings. The second kappa shape index (κ2) is 4.98. The summed E-state index contributed by atoms with van der Waals surface area (Å²) in [5.41, 5.74) is 0. The Morgan fingerprint density at radius 1 is 2.00 bits per heavy atom. The van der Waals surface area contributed by atoms with Crippen LogP contribution in [0.2, 0.25) is 0 Å². The van der Waals surface area contributed by atoms with Gasteiger partial charge in [-0.1, -0.05) is 0 Å². The Bertz CT molecular complexity index is 37.8. The van der Waals surface area contributed by atoms with E-state index in [0.29, 0.717) is 5.75 Å². The van der Waals surface area contributed by atoms with Crippen LogP contribution in [0.15, 0.2) is 0 Å². The van der Waals surface area contributed by atoms with Gasteiger partial charge in [0.25, 0.3) is 0 Å². The molecule has 0 aromatic heterocycles. The minimum Gasteiger partial charge on any atom is -0.318 e. The fraction of sp³-hybridized carbons (Fsp3) is 0.667. The van der Waals surface area contributed by atoms with Gasteiger partial charge in [0.15, 0.2) is 0 Å². The third-order valence-corrected chi connectivity index (χ3v) is 0.707. The molecule has 0 rings (SSSR count). The van der Waals surface area contributed by atoms with E-state index >= 15 is 0 Å². The summed E-state index contributed by atoms with van der Waals surface area (Å²) in [6, 6.07) is 0. The molecule has 0 N–H and O–H groups in total. The minimum atomic E-state index is 0.302. The average molecular weight is 105 g/mol. The lowest BCUT2D eigenvalue weighted by molar-refractivity contribution is 0.490. The van der Waals surface area contributed by atoms with E-state index in [1.165, 1.54) is 7.11 Å². The maximum absolute atomic E-state index is 9.34. The third-order valence-electron chi connectivity index (χ3n) is 0.236. The molecule has 1 radical (unpaired) electrons. The average Bonchev–Trinajstić information content (AvgIpc) is 1.61. The molecule has 0 atom stereocenters. The molecule has 0 heterocycles. The fourth-order valence-electron chi connectivity index (χ4n) is 0.0830. The van der Waals surface area contributed by atoms with E-state index in [1.807, 2.05) is 0 Å². The zero-order valence-electron chi connectivity index (χ0n) is 3.43.